The van der Waals surface area contributed by atoms with Gasteiger partial charge in [0.15, 0.2) is 11.6 Å². The van der Waals surface area contributed by atoms with E-state index in [1.165, 1.54) is 6.07 Å². The molecule has 0 saturated heterocycles. The van der Waals surface area contributed by atoms with Crippen molar-refractivity contribution in [3.63, 3.8) is 0 Å². The van der Waals surface area contributed by atoms with Crippen molar-refractivity contribution in [2.24, 2.45) is 5.73 Å². The highest BCUT2D eigenvalue weighted by Gasteiger charge is 2.15. The monoisotopic (exact) mass is 311 g/mol. The molecule has 0 bridgehead atoms. The lowest BCUT2D eigenvalue weighted by atomic mass is 10.1. The van der Waals surface area contributed by atoms with Gasteiger partial charge in [-0.1, -0.05) is 24.3 Å². The third kappa shape index (κ3) is 3.93. The number of hydrogen-bond donors (Lipinski definition) is 2. The molecule has 0 aliphatic rings. The van der Waals surface area contributed by atoms with Gasteiger partial charge >= 0.3 is 0 Å². The molecule has 2 aromatic carbocycles. The lowest BCUT2D eigenvalue weighted by molar-refractivity contribution is 0.203. The zero-order chi connectivity index (χ0) is 15.4. The second-order valence-corrected chi connectivity index (χ2v) is 6.05. The van der Waals surface area contributed by atoms with Gasteiger partial charge in [0.25, 0.3) is 0 Å². The molecule has 0 heterocycles. The minimum absolute atomic E-state index is 0.0902. The van der Waals surface area contributed by atoms with Crippen molar-refractivity contribution >= 4 is 10.8 Å². The van der Waals surface area contributed by atoms with Crippen molar-refractivity contribution in [3.8, 4) is 0 Å². The maximum atomic E-state index is 13.1. The van der Waals surface area contributed by atoms with Crippen LogP contribution in [-0.4, -0.2) is 15.1 Å². The van der Waals surface area contributed by atoms with Gasteiger partial charge in [-0.05, 0) is 29.3 Å². The molecule has 21 heavy (non-hydrogen) atoms. The first-order valence-electron chi connectivity index (χ1n) is 6.31. The summed E-state index contributed by atoms with van der Waals surface area (Å²) in [7, 11) is -1.62. The van der Waals surface area contributed by atoms with Crippen molar-refractivity contribution in [1.82, 2.24) is 0 Å². The fourth-order valence-corrected chi connectivity index (χ4v) is 2.96. The van der Waals surface area contributed by atoms with E-state index in [-0.39, 0.29) is 10.6 Å². The fourth-order valence-electron chi connectivity index (χ4n) is 1.83. The molecule has 0 radical (unpaired) electrons. The van der Waals surface area contributed by atoms with Crippen LogP contribution in [0.3, 0.4) is 0 Å². The van der Waals surface area contributed by atoms with Crippen molar-refractivity contribution < 1.29 is 18.1 Å². The van der Waals surface area contributed by atoms with Crippen LogP contribution in [0.2, 0.25) is 0 Å². The number of rotatable bonds is 5. The first kappa shape index (κ1) is 15.8. The van der Waals surface area contributed by atoms with Crippen molar-refractivity contribution in [2.75, 3.05) is 5.75 Å². The SMILES string of the molecule is NCc1ccc(C(O)CS(=O)c2ccc(F)c(F)c2)cc1. The van der Waals surface area contributed by atoms with Crippen molar-refractivity contribution in [1.29, 1.82) is 0 Å². The van der Waals surface area contributed by atoms with E-state index in [0.29, 0.717) is 12.1 Å². The van der Waals surface area contributed by atoms with E-state index in [4.69, 9.17) is 5.73 Å². The van der Waals surface area contributed by atoms with Gasteiger partial charge in [0, 0.05) is 11.4 Å². The Hall–Kier alpha value is -1.63. The molecule has 112 valence electrons. The Morgan fingerprint density at radius 2 is 1.76 bits per heavy atom. The predicted molar refractivity (Wildman–Crippen MR) is 76.9 cm³/mol. The van der Waals surface area contributed by atoms with Gasteiger partial charge in [-0.15, -0.1) is 0 Å². The zero-order valence-corrected chi connectivity index (χ0v) is 11.9. The smallest absolute Gasteiger partial charge is 0.160 e. The average Bonchev–Trinajstić information content (AvgIpc) is 2.50. The molecule has 0 aromatic heterocycles. The van der Waals surface area contributed by atoms with E-state index in [1.54, 1.807) is 24.3 Å². The van der Waals surface area contributed by atoms with Crippen LogP contribution in [0.4, 0.5) is 8.78 Å². The Bertz CT molecular complexity index is 647. The molecule has 6 heteroatoms. The Morgan fingerprint density at radius 1 is 1.10 bits per heavy atom. The molecular formula is C15H15F2NO2S. The summed E-state index contributed by atoms with van der Waals surface area (Å²) in [6.45, 7) is 0.400. The summed E-state index contributed by atoms with van der Waals surface area (Å²) < 4.78 is 38.0. The highest BCUT2D eigenvalue weighted by Crippen LogP contribution is 2.19. The molecule has 0 saturated carbocycles. The van der Waals surface area contributed by atoms with Gasteiger partial charge in [-0.2, -0.15) is 0 Å². The number of aliphatic hydroxyl groups excluding tert-OH is 1. The summed E-state index contributed by atoms with van der Waals surface area (Å²) in [4.78, 5) is 0.145. The quantitative estimate of drug-likeness (QED) is 0.890. The first-order chi connectivity index (χ1) is 10.0. The van der Waals surface area contributed by atoms with Crippen molar-refractivity contribution in [3.05, 3.63) is 65.2 Å². The molecular weight excluding hydrogens is 296 g/mol. The highest BCUT2D eigenvalue weighted by atomic mass is 32.2. The van der Waals surface area contributed by atoms with Crippen molar-refractivity contribution in [2.45, 2.75) is 17.5 Å². The van der Waals surface area contributed by atoms with E-state index in [0.717, 1.165) is 17.7 Å². The minimum Gasteiger partial charge on any atom is -0.387 e. The number of hydrogen-bond acceptors (Lipinski definition) is 3. The maximum absolute atomic E-state index is 13.1. The van der Waals surface area contributed by atoms with Crippen LogP contribution in [0.5, 0.6) is 0 Å². The van der Waals surface area contributed by atoms with Crippen LogP contribution >= 0.6 is 0 Å². The maximum Gasteiger partial charge on any atom is 0.160 e. The van der Waals surface area contributed by atoms with Crippen LogP contribution in [-0.2, 0) is 17.3 Å². The Labute approximate surface area is 123 Å². The van der Waals surface area contributed by atoms with E-state index >= 15 is 0 Å². The molecule has 0 aliphatic heterocycles. The number of halogens is 2. The highest BCUT2D eigenvalue weighted by molar-refractivity contribution is 7.85. The summed E-state index contributed by atoms with van der Waals surface area (Å²) in [5.74, 6) is -2.14. The van der Waals surface area contributed by atoms with E-state index in [1.807, 2.05) is 0 Å². The van der Waals surface area contributed by atoms with Gasteiger partial charge in [0.1, 0.15) is 0 Å². The lowest BCUT2D eigenvalue weighted by Crippen LogP contribution is -2.10. The largest absolute Gasteiger partial charge is 0.387 e. The molecule has 2 atom stereocenters. The molecule has 2 rings (SSSR count). The van der Waals surface area contributed by atoms with E-state index < -0.39 is 28.5 Å². The van der Waals surface area contributed by atoms with E-state index in [2.05, 4.69) is 0 Å². The fraction of sp³-hybridized carbons (Fsp3) is 0.200. The van der Waals surface area contributed by atoms with Gasteiger partial charge in [-0.3, -0.25) is 4.21 Å². The van der Waals surface area contributed by atoms with Crippen LogP contribution in [0.25, 0.3) is 0 Å². The standard InChI is InChI=1S/C15H15F2NO2S/c16-13-6-5-12(7-14(13)17)21(20)9-15(19)11-3-1-10(8-18)2-4-11/h1-7,15,19H,8-9,18H2. The first-order valence-corrected chi connectivity index (χ1v) is 7.63. The third-order valence-corrected chi connectivity index (χ3v) is 4.46. The number of nitrogens with two attached hydrogens (primary N) is 1. The van der Waals surface area contributed by atoms with Crippen LogP contribution < -0.4 is 5.73 Å². The normalized spacial score (nSPS) is 13.9. The molecule has 3 N–H and O–H groups in total. The van der Waals surface area contributed by atoms with E-state index in [9.17, 15) is 18.1 Å². The Balaban J connectivity index is 2.08. The second-order valence-electron chi connectivity index (χ2n) is 4.55. The molecule has 3 nitrogen and oxygen atoms in total. The minimum atomic E-state index is -1.62. The van der Waals surface area contributed by atoms with Crippen LogP contribution in [0.1, 0.15) is 17.2 Å². The van der Waals surface area contributed by atoms with Gasteiger partial charge < -0.3 is 10.8 Å². The van der Waals surface area contributed by atoms with Gasteiger partial charge in [0.2, 0.25) is 0 Å². The Morgan fingerprint density at radius 3 is 2.33 bits per heavy atom. The molecule has 0 amide bonds. The third-order valence-electron chi connectivity index (χ3n) is 3.06. The molecule has 2 unspecified atom stereocenters. The summed E-state index contributed by atoms with van der Waals surface area (Å²) in [5, 5.41) is 10.0. The predicted octanol–water partition coefficient (Wildman–Crippen LogP) is 2.26. The average molecular weight is 311 g/mol. The summed E-state index contributed by atoms with van der Waals surface area (Å²) >= 11 is 0. The summed E-state index contributed by atoms with van der Waals surface area (Å²) in [6.07, 6.45) is -0.953. The lowest BCUT2D eigenvalue weighted by Gasteiger charge is -2.11. The van der Waals surface area contributed by atoms with Crippen LogP contribution in [0, 0.1) is 11.6 Å². The zero-order valence-electron chi connectivity index (χ0n) is 11.1. The molecule has 2 aromatic rings. The van der Waals surface area contributed by atoms with Crippen LogP contribution in [0.15, 0.2) is 47.4 Å². The number of benzene rings is 2. The summed E-state index contributed by atoms with van der Waals surface area (Å²) in [5.41, 5.74) is 7.01. The molecule has 0 aliphatic carbocycles. The van der Waals surface area contributed by atoms with Gasteiger partial charge in [-0.25, -0.2) is 8.78 Å². The molecule has 0 fully saturated rings. The number of aliphatic hydroxyl groups is 1. The second kappa shape index (κ2) is 6.89. The Kier molecular flexibility index (Phi) is 5.17. The summed E-state index contributed by atoms with van der Waals surface area (Å²) in [6, 6.07) is 10.0. The topological polar surface area (TPSA) is 63.3 Å². The molecule has 0 spiro atoms. The van der Waals surface area contributed by atoms with Gasteiger partial charge in [0.05, 0.1) is 22.7 Å².